The van der Waals surface area contributed by atoms with Gasteiger partial charge in [-0.25, -0.2) is 4.98 Å². The second-order valence-electron chi connectivity index (χ2n) is 8.75. The van der Waals surface area contributed by atoms with Crippen molar-refractivity contribution < 1.29 is 14.3 Å². The minimum atomic E-state index is -0.0535. The van der Waals surface area contributed by atoms with E-state index in [2.05, 4.69) is 41.5 Å². The third kappa shape index (κ3) is 3.86. The molecule has 2 fully saturated rings. The molecule has 2 aliphatic heterocycles. The molecule has 0 spiro atoms. The molecule has 1 aromatic heterocycles. The Labute approximate surface area is 176 Å². The highest BCUT2D eigenvalue weighted by Gasteiger charge is 2.33. The van der Waals surface area contributed by atoms with Crippen LogP contribution in [0.3, 0.4) is 0 Å². The molecule has 7 heteroatoms. The summed E-state index contributed by atoms with van der Waals surface area (Å²) in [5.41, 5.74) is 3.69. The van der Waals surface area contributed by atoms with Crippen LogP contribution in [-0.2, 0) is 22.7 Å². The van der Waals surface area contributed by atoms with Gasteiger partial charge in [-0.05, 0) is 38.2 Å². The van der Waals surface area contributed by atoms with Gasteiger partial charge >= 0.3 is 0 Å². The normalized spacial score (nSPS) is 21.9. The fourth-order valence-electron chi connectivity index (χ4n) is 4.33. The summed E-state index contributed by atoms with van der Waals surface area (Å²) < 4.78 is 8.11. The van der Waals surface area contributed by atoms with E-state index < -0.39 is 0 Å². The van der Waals surface area contributed by atoms with E-state index >= 15 is 0 Å². The van der Waals surface area contributed by atoms with Gasteiger partial charge in [-0.3, -0.25) is 9.59 Å². The maximum Gasteiger partial charge on any atom is 0.274 e. The summed E-state index contributed by atoms with van der Waals surface area (Å²) in [7, 11) is 0. The van der Waals surface area contributed by atoms with Crippen LogP contribution < -0.4 is 5.32 Å². The number of ether oxygens (including phenoxy) is 1. The Morgan fingerprint density at radius 2 is 1.83 bits per heavy atom. The number of amides is 2. The molecule has 1 atom stereocenters. The van der Waals surface area contributed by atoms with E-state index in [1.54, 1.807) is 6.33 Å². The predicted octanol–water partition coefficient (Wildman–Crippen LogP) is 2.59. The van der Waals surface area contributed by atoms with Crippen LogP contribution in [0.4, 0.5) is 0 Å². The number of hydrogen-bond donors (Lipinski definition) is 1. The molecule has 2 amide bonds. The zero-order chi connectivity index (χ0) is 20.7. The average molecular weight is 409 g/mol. The van der Waals surface area contributed by atoms with Crippen LogP contribution in [0.2, 0.25) is 0 Å². The van der Waals surface area contributed by atoms with Gasteiger partial charge in [-0.15, -0.1) is 0 Å². The summed E-state index contributed by atoms with van der Waals surface area (Å²) in [5.74, 6) is 0.117. The minimum absolute atomic E-state index is 0.0177. The molecule has 30 heavy (non-hydrogen) atoms. The molecule has 3 heterocycles. The van der Waals surface area contributed by atoms with Gasteiger partial charge in [0.1, 0.15) is 6.10 Å². The summed E-state index contributed by atoms with van der Waals surface area (Å²) in [5, 5.41) is 3.08. The van der Waals surface area contributed by atoms with Crippen molar-refractivity contribution in [1.29, 1.82) is 0 Å². The van der Waals surface area contributed by atoms with E-state index in [-0.39, 0.29) is 23.8 Å². The van der Waals surface area contributed by atoms with Crippen molar-refractivity contribution in [3.05, 3.63) is 53.1 Å². The predicted molar refractivity (Wildman–Crippen MR) is 111 cm³/mol. The summed E-state index contributed by atoms with van der Waals surface area (Å²) in [6.07, 6.45) is 5.35. The van der Waals surface area contributed by atoms with E-state index in [1.165, 1.54) is 5.56 Å². The molecule has 1 aliphatic carbocycles. The third-order valence-corrected chi connectivity index (χ3v) is 6.46. The van der Waals surface area contributed by atoms with Crippen LogP contribution in [0.25, 0.3) is 0 Å². The Bertz CT molecular complexity index is 940. The quantitative estimate of drug-likeness (QED) is 0.844. The number of rotatable bonds is 4. The van der Waals surface area contributed by atoms with Crippen LogP contribution in [0.1, 0.15) is 59.1 Å². The smallest absolute Gasteiger partial charge is 0.274 e. The van der Waals surface area contributed by atoms with E-state index in [9.17, 15) is 9.59 Å². The van der Waals surface area contributed by atoms with Crippen molar-refractivity contribution in [3.8, 4) is 0 Å². The van der Waals surface area contributed by atoms with Gasteiger partial charge in [0.15, 0.2) is 5.69 Å². The molecule has 2 aromatic rings. The molecule has 5 rings (SSSR count). The molecule has 0 radical (unpaired) electrons. The maximum atomic E-state index is 13.1. The second-order valence-corrected chi connectivity index (χ2v) is 8.75. The molecular weight excluding hydrogens is 380 g/mol. The molecular formula is C23H28N4O3. The lowest BCUT2D eigenvalue weighted by Gasteiger charge is -2.31. The van der Waals surface area contributed by atoms with Gasteiger partial charge in [0.05, 0.1) is 25.2 Å². The van der Waals surface area contributed by atoms with Crippen molar-refractivity contribution in [2.75, 3.05) is 13.1 Å². The summed E-state index contributed by atoms with van der Waals surface area (Å²) in [4.78, 5) is 31.6. The van der Waals surface area contributed by atoms with E-state index in [0.717, 1.165) is 24.1 Å². The van der Waals surface area contributed by atoms with Crippen molar-refractivity contribution in [2.24, 2.45) is 5.92 Å². The number of aromatic nitrogens is 2. The zero-order valence-electron chi connectivity index (χ0n) is 17.3. The van der Waals surface area contributed by atoms with Crippen molar-refractivity contribution in [1.82, 2.24) is 19.8 Å². The standard InChI is InChI=1S/C23H28N4O3/c1-15-2-4-16(5-3-15)20-12-27-14-24-21(19(27)13-30-20)23(29)26-10-8-17(9-11-26)22(28)25-18-6-7-18/h2-5,14,17-18,20H,6-13H2,1H3,(H,25,28)/t20-/m0/s1. The molecule has 1 N–H and O–H groups in total. The molecule has 7 nitrogen and oxygen atoms in total. The monoisotopic (exact) mass is 408 g/mol. The van der Waals surface area contributed by atoms with Crippen LogP contribution in [0.5, 0.6) is 0 Å². The highest BCUT2D eigenvalue weighted by molar-refractivity contribution is 5.93. The van der Waals surface area contributed by atoms with E-state index in [1.807, 2.05) is 9.47 Å². The molecule has 1 saturated heterocycles. The summed E-state index contributed by atoms with van der Waals surface area (Å²) in [6, 6.07) is 8.75. The third-order valence-electron chi connectivity index (χ3n) is 6.46. The fourth-order valence-corrected chi connectivity index (χ4v) is 4.33. The Kier molecular flexibility index (Phi) is 5.06. The highest BCUT2D eigenvalue weighted by atomic mass is 16.5. The van der Waals surface area contributed by atoms with Crippen LogP contribution in [0, 0.1) is 12.8 Å². The lowest BCUT2D eigenvalue weighted by molar-refractivity contribution is -0.126. The Balaban J connectivity index is 1.22. The van der Waals surface area contributed by atoms with Gasteiger partial charge in [-0.1, -0.05) is 29.8 Å². The number of hydrogen-bond acceptors (Lipinski definition) is 4. The summed E-state index contributed by atoms with van der Waals surface area (Å²) >= 11 is 0. The van der Waals surface area contributed by atoms with Crippen LogP contribution >= 0.6 is 0 Å². The Morgan fingerprint density at radius 1 is 1.10 bits per heavy atom. The topological polar surface area (TPSA) is 76.5 Å². The molecule has 0 bridgehead atoms. The minimum Gasteiger partial charge on any atom is -0.365 e. The van der Waals surface area contributed by atoms with Crippen molar-refractivity contribution >= 4 is 11.8 Å². The number of nitrogens with zero attached hydrogens (tertiary/aromatic N) is 3. The van der Waals surface area contributed by atoms with Gasteiger partial charge in [0, 0.05) is 25.0 Å². The lowest BCUT2D eigenvalue weighted by Crippen LogP contribution is -2.43. The van der Waals surface area contributed by atoms with E-state index in [4.69, 9.17) is 4.74 Å². The van der Waals surface area contributed by atoms with Crippen molar-refractivity contribution in [3.63, 3.8) is 0 Å². The number of aryl methyl sites for hydroxylation is 1. The second kappa shape index (κ2) is 7.87. The molecule has 1 aromatic carbocycles. The van der Waals surface area contributed by atoms with Gasteiger partial charge < -0.3 is 19.5 Å². The number of benzene rings is 1. The van der Waals surface area contributed by atoms with Crippen LogP contribution in [0.15, 0.2) is 30.6 Å². The number of fused-ring (bicyclic) bond motifs is 1. The lowest BCUT2D eigenvalue weighted by atomic mass is 9.95. The number of piperidine rings is 1. The largest absolute Gasteiger partial charge is 0.365 e. The Hall–Kier alpha value is -2.67. The maximum absolute atomic E-state index is 13.1. The summed E-state index contributed by atoms with van der Waals surface area (Å²) in [6.45, 7) is 4.29. The first-order chi connectivity index (χ1) is 14.6. The SMILES string of the molecule is Cc1ccc([C@@H]2Cn3cnc(C(=O)N4CCC(C(=O)NC5CC5)CC4)c3CO2)cc1. The number of carbonyl (C=O) groups excluding carboxylic acids is 2. The average Bonchev–Trinajstić information content (AvgIpc) is 3.49. The molecule has 3 aliphatic rings. The number of carbonyl (C=O) groups is 2. The van der Waals surface area contributed by atoms with Gasteiger partial charge in [-0.2, -0.15) is 0 Å². The van der Waals surface area contributed by atoms with Crippen LogP contribution in [-0.4, -0.2) is 45.4 Å². The van der Waals surface area contributed by atoms with Gasteiger partial charge in [0.2, 0.25) is 5.91 Å². The Morgan fingerprint density at radius 3 is 2.53 bits per heavy atom. The van der Waals surface area contributed by atoms with Crippen molar-refractivity contribution in [2.45, 2.75) is 57.9 Å². The number of likely N-dealkylation sites (tertiary alicyclic amines) is 1. The van der Waals surface area contributed by atoms with E-state index in [0.29, 0.717) is 50.8 Å². The number of imidazole rings is 1. The number of nitrogens with one attached hydrogen (secondary N) is 1. The highest BCUT2D eigenvalue weighted by Crippen LogP contribution is 2.29. The fraction of sp³-hybridized carbons (Fsp3) is 0.522. The molecule has 1 saturated carbocycles. The molecule has 0 unspecified atom stereocenters. The zero-order valence-corrected chi connectivity index (χ0v) is 17.3. The van der Waals surface area contributed by atoms with Gasteiger partial charge in [0.25, 0.3) is 5.91 Å². The first-order valence-electron chi connectivity index (χ1n) is 10.9. The first kappa shape index (κ1) is 19.3. The first-order valence-corrected chi connectivity index (χ1v) is 10.9. The molecule has 158 valence electrons.